The van der Waals surface area contributed by atoms with E-state index in [4.69, 9.17) is 0 Å². The third-order valence-corrected chi connectivity index (χ3v) is 3.10. The number of hydrogen-bond acceptors (Lipinski definition) is 0. The Balaban J connectivity index is 0.000000335. The van der Waals surface area contributed by atoms with Gasteiger partial charge in [-0.3, -0.25) is 0 Å². The van der Waals surface area contributed by atoms with Crippen LogP contribution in [0.2, 0.25) is 0 Å². The minimum absolute atomic E-state index is 0. The fourth-order valence-electron chi connectivity index (χ4n) is 2.14. The van der Waals surface area contributed by atoms with Crippen LogP contribution in [0.5, 0.6) is 0 Å². The van der Waals surface area contributed by atoms with Gasteiger partial charge in [0.1, 0.15) is 0 Å². The van der Waals surface area contributed by atoms with Crippen LogP contribution < -0.4 is 0 Å². The number of halogens is 1. The van der Waals surface area contributed by atoms with Crippen LogP contribution >= 0.6 is 11.6 Å². The summed E-state index contributed by atoms with van der Waals surface area (Å²) in [6.45, 7) is 6.00. The summed E-state index contributed by atoms with van der Waals surface area (Å²) in [5, 5.41) is 5.32. The molecule has 0 amide bonds. The summed E-state index contributed by atoms with van der Waals surface area (Å²) in [4.78, 5) is 0. The molecule has 0 aliphatic heterocycles. The number of alkyl halides is 1. The van der Waals surface area contributed by atoms with Crippen LogP contribution in [0.1, 0.15) is 0 Å². The Morgan fingerprint density at radius 2 is 1.00 bits per heavy atom. The fourth-order valence-corrected chi connectivity index (χ4v) is 2.14. The molecule has 0 saturated heterocycles. The van der Waals surface area contributed by atoms with E-state index < -0.39 is 0 Å². The molecular formula is C21H21ClZr. The number of rotatable bonds is 0. The van der Waals surface area contributed by atoms with Crippen molar-refractivity contribution in [3.05, 3.63) is 98.1 Å². The van der Waals surface area contributed by atoms with Crippen LogP contribution in [0, 0.1) is 0 Å². The molecule has 0 aliphatic rings. The van der Waals surface area contributed by atoms with Crippen molar-refractivity contribution in [2.45, 2.75) is 0 Å². The molecule has 4 rings (SSSR count). The molecule has 0 heterocycles. The standard InChI is InChI=1S/2C9H7.C2H4.CH3Cl.Zr/c2*1-2-5-9-7-3-6-8(9)4-1;2*1-2;/h2*1-7H;1-2H2;1H3;/q2*-1;;;+2. The third kappa shape index (κ3) is 6.69. The second kappa shape index (κ2) is 13.1. The van der Waals surface area contributed by atoms with Gasteiger partial charge in [0, 0.05) is 6.38 Å². The summed E-state index contributed by atoms with van der Waals surface area (Å²) in [5.41, 5.74) is 0. The Bertz CT molecular complexity index is 641. The zero-order chi connectivity index (χ0) is 16.2. The van der Waals surface area contributed by atoms with Gasteiger partial charge in [0.25, 0.3) is 0 Å². The van der Waals surface area contributed by atoms with Crippen LogP contribution in [-0.2, 0) is 26.2 Å². The largest absolute Gasteiger partial charge is 2.00 e. The van der Waals surface area contributed by atoms with Gasteiger partial charge in [-0.2, -0.15) is 35.0 Å². The molecule has 0 nitrogen and oxygen atoms in total. The maximum atomic E-state index is 4.64. The zero-order valence-corrected chi connectivity index (χ0v) is 16.6. The molecule has 4 aromatic rings. The first-order valence-electron chi connectivity index (χ1n) is 7.02. The summed E-state index contributed by atoms with van der Waals surface area (Å²) in [6, 6.07) is 29.3. The van der Waals surface area contributed by atoms with Crippen molar-refractivity contribution in [3.63, 3.8) is 0 Å². The van der Waals surface area contributed by atoms with E-state index in [0.717, 1.165) is 0 Å². The van der Waals surface area contributed by atoms with Crippen LogP contribution in [-0.4, -0.2) is 6.38 Å². The van der Waals surface area contributed by atoms with Gasteiger partial charge in [-0.25, -0.2) is 0 Å². The molecule has 0 fully saturated rings. The number of fused-ring (bicyclic) bond motifs is 2. The van der Waals surface area contributed by atoms with Gasteiger partial charge >= 0.3 is 26.2 Å². The molecule has 4 aromatic carbocycles. The van der Waals surface area contributed by atoms with Gasteiger partial charge in [0.15, 0.2) is 0 Å². The van der Waals surface area contributed by atoms with Gasteiger partial charge in [-0.1, -0.05) is 12.1 Å². The van der Waals surface area contributed by atoms with Crippen LogP contribution in [0.25, 0.3) is 21.5 Å². The normalized spacial score (nSPS) is 8.43. The van der Waals surface area contributed by atoms with E-state index in [9.17, 15) is 0 Å². The van der Waals surface area contributed by atoms with Crippen LogP contribution in [0.3, 0.4) is 0 Å². The Kier molecular flexibility index (Phi) is 12.2. The van der Waals surface area contributed by atoms with Gasteiger partial charge in [0.2, 0.25) is 0 Å². The van der Waals surface area contributed by atoms with E-state index >= 15 is 0 Å². The van der Waals surface area contributed by atoms with Crippen LogP contribution in [0.4, 0.5) is 0 Å². The van der Waals surface area contributed by atoms with Crippen LogP contribution in [0.15, 0.2) is 98.1 Å². The quantitative estimate of drug-likeness (QED) is 0.174. The molecule has 0 spiro atoms. The summed E-state index contributed by atoms with van der Waals surface area (Å²) in [5.74, 6) is 0. The molecule has 0 bridgehead atoms. The van der Waals surface area contributed by atoms with Crippen molar-refractivity contribution in [2.75, 3.05) is 6.38 Å². The molecule has 23 heavy (non-hydrogen) atoms. The van der Waals surface area contributed by atoms with Crippen molar-refractivity contribution in [2.24, 2.45) is 0 Å². The molecule has 2 heteroatoms. The average molecular weight is 400 g/mol. The van der Waals surface area contributed by atoms with Gasteiger partial charge in [0.05, 0.1) is 0 Å². The second-order valence-corrected chi connectivity index (χ2v) is 4.31. The molecule has 0 atom stereocenters. The zero-order valence-electron chi connectivity index (χ0n) is 13.4. The minimum Gasteiger partial charge on any atom is -0.168 e. The Labute approximate surface area is 163 Å². The number of hydrogen-bond donors (Lipinski definition) is 0. The van der Waals surface area contributed by atoms with E-state index in [0.29, 0.717) is 0 Å². The third-order valence-electron chi connectivity index (χ3n) is 3.10. The van der Waals surface area contributed by atoms with Gasteiger partial charge in [-0.05, 0) is 0 Å². The average Bonchev–Trinajstić information content (AvgIpc) is 3.28. The van der Waals surface area contributed by atoms with Gasteiger partial charge < -0.3 is 0 Å². The van der Waals surface area contributed by atoms with E-state index in [2.05, 4.69) is 110 Å². The predicted octanol–water partition coefficient (Wildman–Crippen LogP) is 6.77. The number of benzene rings is 2. The monoisotopic (exact) mass is 398 g/mol. The first-order valence-corrected chi connectivity index (χ1v) is 7.78. The summed E-state index contributed by atoms with van der Waals surface area (Å²) in [7, 11) is 0. The fraction of sp³-hybridized carbons (Fsp3) is 0.0476. The first-order chi connectivity index (χ1) is 10.9. The van der Waals surface area contributed by atoms with Crippen molar-refractivity contribution in [1.29, 1.82) is 0 Å². The first kappa shape index (κ1) is 21.6. The second-order valence-electron chi connectivity index (χ2n) is 4.31. The van der Waals surface area contributed by atoms with Crippen molar-refractivity contribution in [3.8, 4) is 0 Å². The maximum Gasteiger partial charge on any atom is 2.00 e. The van der Waals surface area contributed by atoms with Crippen molar-refractivity contribution in [1.82, 2.24) is 0 Å². The molecule has 0 aromatic heterocycles. The van der Waals surface area contributed by atoms with E-state index in [-0.39, 0.29) is 26.2 Å². The van der Waals surface area contributed by atoms with Crippen molar-refractivity contribution < 1.29 is 26.2 Å². The smallest absolute Gasteiger partial charge is 0.168 e. The van der Waals surface area contributed by atoms with E-state index in [1.54, 1.807) is 0 Å². The topological polar surface area (TPSA) is 0 Å². The maximum absolute atomic E-state index is 4.64. The Morgan fingerprint density at radius 1 is 0.652 bits per heavy atom. The molecule has 0 aliphatic carbocycles. The summed E-state index contributed by atoms with van der Waals surface area (Å²) >= 11 is 4.64. The Morgan fingerprint density at radius 3 is 1.35 bits per heavy atom. The predicted molar refractivity (Wildman–Crippen MR) is 102 cm³/mol. The van der Waals surface area contributed by atoms with Gasteiger partial charge in [-0.15, -0.1) is 84.1 Å². The molecular weight excluding hydrogens is 379 g/mol. The molecule has 0 unspecified atom stereocenters. The SMILES string of the molecule is C=C.CCl.[Zr+2].c1ccc2[cH-]ccc2c1.c1ccc2[cH-]ccc2c1. The summed E-state index contributed by atoms with van der Waals surface area (Å²) < 4.78 is 0. The minimum atomic E-state index is 0. The Hall–Kier alpha value is -1.43. The molecule has 0 radical (unpaired) electrons. The molecule has 0 saturated carbocycles. The van der Waals surface area contributed by atoms with E-state index in [1.807, 2.05) is 0 Å². The van der Waals surface area contributed by atoms with E-state index in [1.165, 1.54) is 27.9 Å². The van der Waals surface area contributed by atoms with Crippen molar-refractivity contribution >= 4 is 33.1 Å². The molecule has 0 N–H and O–H groups in total. The molecule has 116 valence electrons. The summed E-state index contributed by atoms with van der Waals surface area (Å²) in [6.07, 6.45) is 1.47.